The molecule has 0 spiro atoms. The average Bonchev–Trinajstić information content (AvgIpc) is 2.01. The van der Waals surface area contributed by atoms with Crippen LogP contribution < -0.4 is 5.56 Å². The van der Waals surface area contributed by atoms with Crippen molar-refractivity contribution in [3.8, 4) is 0 Å². The zero-order chi connectivity index (χ0) is 10.9. The van der Waals surface area contributed by atoms with Crippen molar-refractivity contribution in [3.05, 3.63) is 33.7 Å². The van der Waals surface area contributed by atoms with Crippen LogP contribution in [0, 0.1) is 0 Å². The SMILES string of the molecule is CC(C)c1cc(C(F)(F)F)cc(=O)[nH]1. The zero-order valence-corrected chi connectivity index (χ0v) is 7.77. The molecule has 5 heteroatoms. The highest BCUT2D eigenvalue weighted by Crippen LogP contribution is 2.29. The van der Waals surface area contributed by atoms with E-state index in [-0.39, 0.29) is 5.92 Å². The van der Waals surface area contributed by atoms with Gasteiger partial charge in [-0.1, -0.05) is 13.8 Å². The number of aromatic nitrogens is 1. The smallest absolute Gasteiger partial charge is 0.326 e. The average molecular weight is 205 g/mol. The molecule has 0 aliphatic rings. The maximum atomic E-state index is 12.3. The minimum absolute atomic E-state index is 0.134. The first-order valence-corrected chi connectivity index (χ1v) is 4.12. The third-order valence-corrected chi connectivity index (χ3v) is 1.81. The van der Waals surface area contributed by atoms with Gasteiger partial charge in [0.25, 0.3) is 0 Å². The lowest BCUT2D eigenvalue weighted by molar-refractivity contribution is -0.137. The topological polar surface area (TPSA) is 32.9 Å². The maximum Gasteiger partial charge on any atom is 0.416 e. The normalized spacial score (nSPS) is 12.1. The monoisotopic (exact) mass is 205 g/mol. The van der Waals surface area contributed by atoms with Crippen molar-refractivity contribution in [2.75, 3.05) is 0 Å². The van der Waals surface area contributed by atoms with Gasteiger partial charge in [0.05, 0.1) is 5.56 Å². The Labute approximate surface area is 78.8 Å². The summed E-state index contributed by atoms with van der Waals surface area (Å²) in [7, 11) is 0. The second-order valence-electron chi connectivity index (χ2n) is 3.34. The summed E-state index contributed by atoms with van der Waals surface area (Å²) in [5.41, 5.74) is -1.32. The first-order valence-electron chi connectivity index (χ1n) is 4.12. The van der Waals surface area contributed by atoms with Gasteiger partial charge in [-0.3, -0.25) is 4.79 Å². The highest BCUT2D eigenvalue weighted by Gasteiger charge is 2.31. The van der Waals surface area contributed by atoms with E-state index in [1.165, 1.54) is 0 Å². The van der Waals surface area contributed by atoms with Crippen LogP contribution in [0.1, 0.15) is 31.0 Å². The number of aromatic amines is 1. The van der Waals surface area contributed by atoms with Gasteiger partial charge in [-0.25, -0.2) is 0 Å². The fourth-order valence-electron chi connectivity index (χ4n) is 1.04. The van der Waals surface area contributed by atoms with Gasteiger partial charge >= 0.3 is 6.18 Å². The third-order valence-electron chi connectivity index (χ3n) is 1.81. The Hall–Kier alpha value is -1.26. The molecule has 1 N–H and O–H groups in total. The standard InChI is InChI=1S/C9H10F3NO/c1-5(2)7-3-6(9(10,11)12)4-8(14)13-7/h3-5H,1-2H3,(H,13,14). The fourth-order valence-corrected chi connectivity index (χ4v) is 1.04. The van der Waals surface area contributed by atoms with E-state index >= 15 is 0 Å². The highest BCUT2D eigenvalue weighted by atomic mass is 19.4. The Morgan fingerprint density at radius 1 is 1.29 bits per heavy atom. The van der Waals surface area contributed by atoms with Gasteiger partial charge in [-0.05, 0) is 12.0 Å². The number of hydrogen-bond donors (Lipinski definition) is 1. The number of H-pyrrole nitrogens is 1. The van der Waals surface area contributed by atoms with Crippen LogP contribution >= 0.6 is 0 Å². The molecule has 0 radical (unpaired) electrons. The number of halogens is 3. The molecular weight excluding hydrogens is 195 g/mol. The van der Waals surface area contributed by atoms with Crippen molar-refractivity contribution in [3.63, 3.8) is 0 Å². The first kappa shape index (κ1) is 10.8. The lowest BCUT2D eigenvalue weighted by Crippen LogP contribution is -2.15. The summed E-state index contributed by atoms with van der Waals surface area (Å²) in [5, 5.41) is 0. The Bertz CT molecular complexity index is 378. The molecule has 0 atom stereocenters. The minimum Gasteiger partial charge on any atom is -0.326 e. The lowest BCUT2D eigenvalue weighted by Gasteiger charge is -2.09. The van der Waals surface area contributed by atoms with Gasteiger partial charge in [0.2, 0.25) is 5.56 Å². The van der Waals surface area contributed by atoms with Crippen molar-refractivity contribution >= 4 is 0 Å². The van der Waals surface area contributed by atoms with Gasteiger partial charge in [-0.15, -0.1) is 0 Å². The maximum absolute atomic E-state index is 12.3. The molecule has 0 bridgehead atoms. The number of nitrogens with one attached hydrogen (secondary N) is 1. The van der Waals surface area contributed by atoms with Gasteiger partial charge in [0.1, 0.15) is 0 Å². The van der Waals surface area contributed by atoms with Crippen LogP contribution in [-0.4, -0.2) is 4.98 Å². The Balaban J connectivity index is 3.28. The summed E-state index contributed by atoms with van der Waals surface area (Å²) in [5.74, 6) is -0.134. The van der Waals surface area contributed by atoms with E-state index in [9.17, 15) is 18.0 Å². The molecule has 0 saturated carbocycles. The number of hydrogen-bond acceptors (Lipinski definition) is 1. The van der Waals surface area contributed by atoms with Gasteiger partial charge in [0, 0.05) is 11.8 Å². The molecule has 1 heterocycles. The van der Waals surface area contributed by atoms with Crippen molar-refractivity contribution in [1.82, 2.24) is 4.98 Å². The van der Waals surface area contributed by atoms with E-state index in [1.807, 2.05) is 0 Å². The van der Waals surface area contributed by atoms with E-state index < -0.39 is 17.3 Å². The second-order valence-corrected chi connectivity index (χ2v) is 3.34. The van der Waals surface area contributed by atoms with Crippen LogP contribution in [0.15, 0.2) is 16.9 Å². The Morgan fingerprint density at radius 2 is 1.86 bits per heavy atom. The molecule has 0 fully saturated rings. The predicted octanol–water partition coefficient (Wildman–Crippen LogP) is 2.52. The molecule has 0 aromatic carbocycles. The predicted molar refractivity (Wildman–Crippen MR) is 46.2 cm³/mol. The summed E-state index contributed by atoms with van der Waals surface area (Å²) in [4.78, 5) is 13.3. The zero-order valence-electron chi connectivity index (χ0n) is 7.77. The summed E-state index contributed by atoms with van der Waals surface area (Å²) >= 11 is 0. The summed E-state index contributed by atoms with van der Waals surface area (Å²) < 4.78 is 36.8. The van der Waals surface area contributed by atoms with Crippen LogP contribution in [0.5, 0.6) is 0 Å². The van der Waals surface area contributed by atoms with E-state index in [0.717, 1.165) is 6.07 Å². The fraction of sp³-hybridized carbons (Fsp3) is 0.444. The molecule has 0 aliphatic carbocycles. The molecule has 1 aromatic rings. The molecule has 0 amide bonds. The van der Waals surface area contributed by atoms with Crippen molar-refractivity contribution in [2.24, 2.45) is 0 Å². The van der Waals surface area contributed by atoms with E-state index in [0.29, 0.717) is 11.8 Å². The van der Waals surface area contributed by atoms with Crippen molar-refractivity contribution in [2.45, 2.75) is 25.9 Å². The number of alkyl halides is 3. The molecule has 0 aliphatic heterocycles. The quantitative estimate of drug-likeness (QED) is 0.750. The lowest BCUT2D eigenvalue weighted by atomic mass is 10.1. The molecule has 78 valence electrons. The molecule has 14 heavy (non-hydrogen) atoms. The molecule has 2 nitrogen and oxygen atoms in total. The number of pyridine rings is 1. The summed E-state index contributed by atoms with van der Waals surface area (Å²) in [6.45, 7) is 3.43. The largest absolute Gasteiger partial charge is 0.416 e. The minimum atomic E-state index is -4.46. The van der Waals surface area contributed by atoms with Crippen LogP contribution in [0.4, 0.5) is 13.2 Å². The molecule has 0 unspecified atom stereocenters. The summed E-state index contributed by atoms with van der Waals surface area (Å²) in [6.07, 6.45) is -4.46. The van der Waals surface area contributed by atoms with Crippen LogP contribution in [0.2, 0.25) is 0 Å². The second kappa shape index (κ2) is 3.48. The van der Waals surface area contributed by atoms with Gasteiger partial charge in [-0.2, -0.15) is 13.2 Å². The highest BCUT2D eigenvalue weighted by molar-refractivity contribution is 5.21. The first-order chi connectivity index (χ1) is 6.30. The van der Waals surface area contributed by atoms with E-state index in [1.54, 1.807) is 13.8 Å². The van der Waals surface area contributed by atoms with Crippen LogP contribution in [0.3, 0.4) is 0 Å². The van der Waals surface area contributed by atoms with Crippen LogP contribution in [0.25, 0.3) is 0 Å². The Kier molecular flexibility index (Phi) is 2.69. The molecule has 0 saturated heterocycles. The van der Waals surface area contributed by atoms with Gasteiger partial charge in [0.15, 0.2) is 0 Å². The van der Waals surface area contributed by atoms with Crippen LogP contribution in [-0.2, 0) is 6.18 Å². The Morgan fingerprint density at radius 3 is 2.29 bits per heavy atom. The van der Waals surface area contributed by atoms with Gasteiger partial charge < -0.3 is 4.98 Å². The molecule has 1 rings (SSSR count). The molecular formula is C9H10F3NO. The van der Waals surface area contributed by atoms with Crippen molar-refractivity contribution in [1.29, 1.82) is 0 Å². The van der Waals surface area contributed by atoms with E-state index in [2.05, 4.69) is 4.98 Å². The van der Waals surface area contributed by atoms with E-state index in [4.69, 9.17) is 0 Å². The third kappa shape index (κ3) is 2.37. The number of rotatable bonds is 1. The summed E-state index contributed by atoms with van der Waals surface area (Å²) in [6, 6.07) is 1.53. The molecule has 1 aromatic heterocycles. The van der Waals surface area contributed by atoms with Crippen molar-refractivity contribution < 1.29 is 13.2 Å².